The smallest absolute Gasteiger partial charge is 0.269 e. The second-order valence-electron chi connectivity index (χ2n) is 8.69. The molecule has 10 nitrogen and oxygen atoms in total. The van der Waals surface area contributed by atoms with Crippen LogP contribution in [0.5, 0.6) is 0 Å². The first-order valence-electron chi connectivity index (χ1n) is 11.5. The van der Waals surface area contributed by atoms with E-state index in [9.17, 15) is 14.9 Å². The van der Waals surface area contributed by atoms with Crippen molar-refractivity contribution in [3.05, 3.63) is 81.7 Å². The molecule has 1 amide bonds. The largest absolute Gasteiger partial charge is 0.338 e. The Morgan fingerprint density at radius 3 is 2.58 bits per heavy atom. The van der Waals surface area contributed by atoms with E-state index < -0.39 is 4.92 Å². The average molecular weight is 500 g/mol. The number of amides is 1. The first-order chi connectivity index (χ1) is 17.5. The van der Waals surface area contributed by atoms with Crippen molar-refractivity contribution < 1.29 is 9.72 Å². The Kier molecular flexibility index (Phi) is 5.33. The second kappa shape index (κ2) is 8.68. The number of thiophene rings is 1. The van der Waals surface area contributed by atoms with E-state index in [2.05, 4.69) is 15.1 Å². The van der Waals surface area contributed by atoms with Gasteiger partial charge in [0.25, 0.3) is 11.6 Å². The molecule has 0 spiro atoms. The van der Waals surface area contributed by atoms with Crippen LogP contribution < -0.4 is 4.90 Å². The van der Waals surface area contributed by atoms with E-state index in [0.717, 1.165) is 33.2 Å². The molecule has 2 aromatic carbocycles. The minimum atomic E-state index is -0.470. The molecule has 1 atom stereocenters. The molecule has 180 valence electrons. The summed E-state index contributed by atoms with van der Waals surface area (Å²) in [5.74, 6) is 1.34. The number of anilines is 1. The summed E-state index contributed by atoms with van der Waals surface area (Å²) in [6, 6.07) is 17.5. The number of rotatable bonds is 4. The number of para-hydroxylation sites is 1. The average Bonchev–Trinajstić information content (AvgIpc) is 3.58. The number of nitro groups is 1. The molecule has 4 heterocycles. The highest BCUT2D eigenvalue weighted by Gasteiger charge is 2.31. The first kappa shape index (κ1) is 22.1. The van der Waals surface area contributed by atoms with Crippen molar-refractivity contribution in [3.63, 3.8) is 0 Å². The van der Waals surface area contributed by atoms with E-state index in [1.54, 1.807) is 11.3 Å². The molecule has 1 unspecified atom stereocenters. The maximum absolute atomic E-state index is 13.2. The molecular weight excluding hydrogens is 478 g/mol. The van der Waals surface area contributed by atoms with Gasteiger partial charge in [0.05, 0.1) is 15.3 Å². The molecule has 1 fully saturated rings. The van der Waals surface area contributed by atoms with E-state index in [0.29, 0.717) is 25.2 Å². The Bertz CT molecular complexity index is 1600. The van der Waals surface area contributed by atoms with E-state index in [4.69, 9.17) is 4.98 Å². The quantitative estimate of drug-likeness (QED) is 0.268. The molecule has 36 heavy (non-hydrogen) atoms. The second-order valence-corrected chi connectivity index (χ2v) is 9.63. The maximum Gasteiger partial charge on any atom is 0.269 e. The van der Waals surface area contributed by atoms with Crippen molar-refractivity contribution in [2.24, 2.45) is 0 Å². The summed E-state index contributed by atoms with van der Waals surface area (Å²) in [6.45, 7) is 3.64. The Morgan fingerprint density at radius 1 is 1.06 bits per heavy atom. The molecule has 3 aromatic heterocycles. The zero-order chi connectivity index (χ0) is 24.8. The summed E-state index contributed by atoms with van der Waals surface area (Å²) in [4.78, 5) is 33.7. The lowest BCUT2D eigenvalue weighted by Gasteiger charge is -2.40. The summed E-state index contributed by atoms with van der Waals surface area (Å²) in [6.07, 6.45) is 0. The first-order valence-corrected chi connectivity index (χ1v) is 12.4. The number of aromatic nitrogens is 4. The fraction of sp³-hybridized carbons (Fsp3) is 0.200. The summed E-state index contributed by atoms with van der Waals surface area (Å²) >= 11 is 1.60. The van der Waals surface area contributed by atoms with Gasteiger partial charge in [0.1, 0.15) is 0 Å². The molecule has 0 radical (unpaired) electrons. The van der Waals surface area contributed by atoms with Gasteiger partial charge in [0.2, 0.25) is 5.95 Å². The molecule has 11 heteroatoms. The Labute approximate surface area is 209 Å². The molecule has 5 aromatic rings. The van der Waals surface area contributed by atoms with Crippen molar-refractivity contribution in [2.75, 3.05) is 24.5 Å². The molecule has 0 bridgehead atoms. The van der Waals surface area contributed by atoms with Crippen LogP contribution in [-0.4, -0.2) is 61.0 Å². The van der Waals surface area contributed by atoms with Gasteiger partial charge in [-0.3, -0.25) is 14.9 Å². The van der Waals surface area contributed by atoms with Crippen LogP contribution >= 0.6 is 11.3 Å². The van der Waals surface area contributed by atoms with Gasteiger partial charge in [-0.05, 0) is 42.6 Å². The standard InChI is InChI=1S/C25H21N7O3S/c1-16-15-29(12-13-30(16)24(33)17-8-10-18(11-9-17)32(34)35)25-26-20-6-3-2-5-19(20)22-27-28-23(31(22)25)21-7-4-14-36-21/h2-11,14,16H,12-13,15H2,1H3. The summed E-state index contributed by atoms with van der Waals surface area (Å²) in [7, 11) is 0. The third kappa shape index (κ3) is 3.64. The highest BCUT2D eigenvalue weighted by Crippen LogP contribution is 2.31. The topological polar surface area (TPSA) is 110 Å². The molecular formula is C25H21N7O3S. The lowest BCUT2D eigenvalue weighted by molar-refractivity contribution is -0.384. The van der Waals surface area contributed by atoms with Gasteiger partial charge in [-0.25, -0.2) is 9.38 Å². The van der Waals surface area contributed by atoms with Gasteiger partial charge in [-0.1, -0.05) is 18.2 Å². The van der Waals surface area contributed by atoms with Gasteiger partial charge in [0, 0.05) is 48.8 Å². The van der Waals surface area contributed by atoms with Crippen molar-refractivity contribution >= 4 is 45.4 Å². The molecule has 1 saturated heterocycles. The van der Waals surface area contributed by atoms with E-state index in [1.165, 1.54) is 24.3 Å². The third-order valence-electron chi connectivity index (χ3n) is 6.47. The van der Waals surface area contributed by atoms with Crippen molar-refractivity contribution in [2.45, 2.75) is 13.0 Å². The highest BCUT2D eigenvalue weighted by atomic mass is 32.1. The highest BCUT2D eigenvalue weighted by molar-refractivity contribution is 7.13. The lowest BCUT2D eigenvalue weighted by Crippen LogP contribution is -2.54. The number of fused-ring (bicyclic) bond motifs is 3. The van der Waals surface area contributed by atoms with Crippen LogP contribution in [0.1, 0.15) is 17.3 Å². The predicted molar refractivity (Wildman–Crippen MR) is 137 cm³/mol. The van der Waals surface area contributed by atoms with Crippen molar-refractivity contribution in [3.8, 4) is 10.7 Å². The van der Waals surface area contributed by atoms with Crippen LogP contribution in [0.15, 0.2) is 66.0 Å². The van der Waals surface area contributed by atoms with Gasteiger partial charge >= 0.3 is 0 Å². The van der Waals surface area contributed by atoms with E-state index in [-0.39, 0.29) is 17.6 Å². The number of carbonyl (C=O) groups is 1. The summed E-state index contributed by atoms with van der Waals surface area (Å²) in [5, 5.41) is 22.9. The Balaban J connectivity index is 1.35. The number of non-ortho nitro benzene ring substituents is 1. The number of benzene rings is 2. The molecule has 0 aliphatic carbocycles. The third-order valence-corrected chi connectivity index (χ3v) is 7.33. The van der Waals surface area contributed by atoms with Gasteiger partial charge in [-0.15, -0.1) is 21.5 Å². The minimum Gasteiger partial charge on any atom is -0.338 e. The lowest BCUT2D eigenvalue weighted by atomic mass is 10.1. The Morgan fingerprint density at radius 2 is 1.86 bits per heavy atom. The molecule has 0 N–H and O–H groups in total. The Hall–Kier alpha value is -4.38. The van der Waals surface area contributed by atoms with Gasteiger partial charge in [-0.2, -0.15) is 0 Å². The normalized spacial score (nSPS) is 16.1. The fourth-order valence-corrected chi connectivity index (χ4v) is 5.37. The number of piperazine rings is 1. The van der Waals surface area contributed by atoms with Crippen LogP contribution in [0.25, 0.3) is 27.3 Å². The van der Waals surface area contributed by atoms with Gasteiger partial charge in [0.15, 0.2) is 11.5 Å². The predicted octanol–water partition coefficient (Wildman–Crippen LogP) is 4.27. The molecule has 0 saturated carbocycles. The number of hydrogen-bond donors (Lipinski definition) is 0. The van der Waals surface area contributed by atoms with Crippen molar-refractivity contribution in [1.82, 2.24) is 24.5 Å². The monoisotopic (exact) mass is 499 g/mol. The van der Waals surface area contributed by atoms with Crippen LogP contribution in [-0.2, 0) is 0 Å². The van der Waals surface area contributed by atoms with Crippen LogP contribution in [0.2, 0.25) is 0 Å². The van der Waals surface area contributed by atoms with E-state index >= 15 is 0 Å². The number of hydrogen-bond acceptors (Lipinski definition) is 8. The fourth-order valence-electron chi connectivity index (χ4n) is 4.68. The minimum absolute atomic E-state index is 0.0358. The van der Waals surface area contributed by atoms with Crippen LogP contribution in [0, 0.1) is 10.1 Å². The number of nitrogens with zero attached hydrogens (tertiary/aromatic N) is 7. The zero-order valence-corrected chi connectivity index (χ0v) is 20.1. The zero-order valence-electron chi connectivity index (χ0n) is 19.3. The molecule has 6 rings (SSSR count). The van der Waals surface area contributed by atoms with Gasteiger partial charge < -0.3 is 9.80 Å². The van der Waals surface area contributed by atoms with E-state index in [1.807, 2.05) is 58.0 Å². The maximum atomic E-state index is 13.2. The number of carbonyl (C=O) groups excluding carboxylic acids is 1. The molecule has 1 aliphatic rings. The number of nitro benzene ring substituents is 1. The van der Waals surface area contributed by atoms with Crippen LogP contribution in [0.3, 0.4) is 0 Å². The summed E-state index contributed by atoms with van der Waals surface area (Å²) < 4.78 is 2.01. The molecule has 1 aliphatic heterocycles. The summed E-state index contributed by atoms with van der Waals surface area (Å²) in [5.41, 5.74) is 1.98. The van der Waals surface area contributed by atoms with Crippen molar-refractivity contribution in [1.29, 1.82) is 0 Å². The van der Waals surface area contributed by atoms with Crippen LogP contribution in [0.4, 0.5) is 11.6 Å². The SMILES string of the molecule is CC1CN(c2nc3ccccc3c3nnc(-c4cccs4)n23)CCN1C(=O)c1ccc([N+](=O)[O-])cc1.